The third-order valence-corrected chi connectivity index (χ3v) is 1.84. The van der Waals surface area contributed by atoms with Crippen LogP contribution in [-0.2, 0) is 0 Å². The van der Waals surface area contributed by atoms with Crippen molar-refractivity contribution in [1.29, 1.82) is 0 Å². The first-order valence-corrected chi connectivity index (χ1v) is 4.73. The largest absolute Gasteiger partial charge is 0.328 e. The van der Waals surface area contributed by atoms with Gasteiger partial charge in [-0.05, 0) is 31.6 Å². The van der Waals surface area contributed by atoms with Gasteiger partial charge in [0.25, 0.3) is 0 Å². The quantitative estimate of drug-likeness (QED) is 0.643. The Labute approximate surface area is 77.0 Å². The average Bonchev–Trinajstić information content (AvgIpc) is 1.80. The van der Waals surface area contributed by atoms with Gasteiger partial charge < -0.3 is 5.73 Å². The topological polar surface area (TPSA) is 26.0 Å². The molecule has 0 fully saturated rings. The lowest BCUT2D eigenvalue weighted by Crippen LogP contribution is -2.15. The van der Waals surface area contributed by atoms with Crippen LogP contribution in [0.4, 0.5) is 0 Å². The van der Waals surface area contributed by atoms with Crippen LogP contribution in [-0.4, -0.2) is 6.04 Å². The van der Waals surface area contributed by atoms with Crippen LogP contribution in [0.3, 0.4) is 0 Å². The second kappa shape index (κ2) is 4.66. The van der Waals surface area contributed by atoms with Gasteiger partial charge in [-0.1, -0.05) is 32.9 Å². The van der Waals surface area contributed by atoms with Crippen molar-refractivity contribution < 1.29 is 0 Å². The molecule has 0 radical (unpaired) electrons. The van der Waals surface area contributed by atoms with Gasteiger partial charge in [0.1, 0.15) is 0 Å². The van der Waals surface area contributed by atoms with Crippen LogP contribution >= 0.6 is 0 Å². The fourth-order valence-electron chi connectivity index (χ4n) is 1.11. The van der Waals surface area contributed by atoms with Crippen LogP contribution < -0.4 is 5.73 Å². The summed E-state index contributed by atoms with van der Waals surface area (Å²) in [5, 5.41) is 0. The van der Waals surface area contributed by atoms with Crippen molar-refractivity contribution in [2.45, 2.75) is 53.0 Å². The highest BCUT2D eigenvalue weighted by Gasteiger charge is 2.10. The summed E-state index contributed by atoms with van der Waals surface area (Å²) in [4.78, 5) is 0. The number of hydrogen-bond donors (Lipinski definition) is 1. The zero-order chi connectivity index (χ0) is 9.78. The lowest BCUT2D eigenvalue weighted by atomic mass is 9.88. The molecule has 0 aliphatic heterocycles. The molecule has 1 nitrogen and oxygen atoms in total. The molecule has 0 aliphatic carbocycles. The van der Waals surface area contributed by atoms with Crippen LogP contribution in [0.5, 0.6) is 0 Å². The van der Waals surface area contributed by atoms with Crippen molar-refractivity contribution in [1.82, 2.24) is 0 Å². The number of rotatable bonds is 4. The van der Waals surface area contributed by atoms with Crippen molar-refractivity contribution in [3.63, 3.8) is 0 Å². The first-order valence-electron chi connectivity index (χ1n) is 4.73. The smallest absolute Gasteiger partial charge is 0.00475 e. The van der Waals surface area contributed by atoms with E-state index in [0.717, 1.165) is 12.8 Å². The summed E-state index contributed by atoms with van der Waals surface area (Å²) < 4.78 is 0. The van der Waals surface area contributed by atoms with Crippen molar-refractivity contribution in [3.8, 4) is 0 Å². The molecular formula is C11H23N. The first kappa shape index (κ1) is 11.7. The maximum Gasteiger partial charge on any atom is 0.00475 e. The third-order valence-electron chi connectivity index (χ3n) is 1.84. The molecule has 1 heteroatoms. The van der Waals surface area contributed by atoms with Gasteiger partial charge >= 0.3 is 0 Å². The molecule has 0 spiro atoms. The van der Waals surface area contributed by atoms with Gasteiger partial charge in [-0.25, -0.2) is 0 Å². The van der Waals surface area contributed by atoms with Crippen molar-refractivity contribution in [3.05, 3.63) is 12.2 Å². The second-order valence-electron chi connectivity index (χ2n) is 4.99. The van der Waals surface area contributed by atoms with Crippen LogP contribution in [0.25, 0.3) is 0 Å². The molecule has 0 amide bonds. The molecule has 0 saturated carbocycles. The zero-order valence-corrected chi connectivity index (χ0v) is 8.98. The molecular weight excluding hydrogens is 146 g/mol. The molecule has 0 aromatic rings. The molecule has 12 heavy (non-hydrogen) atoms. The normalized spacial score (nSPS) is 14.4. The molecule has 1 unspecified atom stereocenters. The minimum atomic E-state index is 0.262. The lowest BCUT2D eigenvalue weighted by Gasteiger charge is -2.19. The van der Waals surface area contributed by atoms with Crippen LogP contribution in [0.2, 0.25) is 0 Å². The SMILES string of the molecule is C=C(CCC(C)(C)C)CC(C)N. The Kier molecular flexibility index (Phi) is 4.54. The Balaban J connectivity index is 3.58. The Morgan fingerprint density at radius 2 is 1.92 bits per heavy atom. The van der Waals surface area contributed by atoms with Gasteiger partial charge in [-0.15, -0.1) is 0 Å². The average molecular weight is 169 g/mol. The van der Waals surface area contributed by atoms with Crippen LogP contribution in [0.15, 0.2) is 12.2 Å². The molecule has 72 valence electrons. The third kappa shape index (κ3) is 7.80. The van der Waals surface area contributed by atoms with Crippen LogP contribution in [0, 0.1) is 5.41 Å². The summed E-state index contributed by atoms with van der Waals surface area (Å²) in [5.41, 5.74) is 7.38. The van der Waals surface area contributed by atoms with Gasteiger partial charge in [0.15, 0.2) is 0 Å². The summed E-state index contributed by atoms with van der Waals surface area (Å²) >= 11 is 0. The predicted molar refractivity (Wildman–Crippen MR) is 56.1 cm³/mol. The van der Waals surface area contributed by atoms with E-state index in [1.165, 1.54) is 12.0 Å². The Morgan fingerprint density at radius 3 is 2.25 bits per heavy atom. The van der Waals surface area contributed by atoms with Crippen molar-refractivity contribution in [2.24, 2.45) is 11.1 Å². The highest BCUT2D eigenvalue weighted by molar-refractivity contribution is 4.96. The molecule has 0 rings (SSSR count). The first-order chi connectivity index (χ1) is 5.31. The Bertz CT molecular complexity index is 140. The number of hydrogen-bond acceptors (Lipinski definition) is 1. The van der Waals surface area contributed by atoms with Gasteiger partial charge in [0.05, 0.1) is 0 Å². The van der Waals surface area contributed by atoms with E-state index in [1.807, 2.05) is 6.92 Å². The molecule has 0 bridgehead atoms. The maximum absolute atomic E-state index is 5.67. The molecule has 1 atom stereocenters. The Morgan fingerprint density at radius 1 is 1.42 bits per heavy atom. The summed E-state index contributed by atoms with van der Waals surface area (Å²) in [6, 6.07) is 0.262. The summed E-state index contributed by atoms with van der Waals surface area (Å²) in [7, 11) is 0. The monoisotopic (exact) mass is 169 g/mol. The van der Waals surface area contributed by atoms with E-state index in [1.54, 1.807) is 0 Å². The van der Waals surface area contributed by atoms with E-state index >= 15 is 0 Å². The standard InChI is InChI=1S/C11H23N/c1-9(8-10(2)12)6-7-11(3,4)5/h10H,1,6-8,12H2,2-5H3. The summed E-state index contributed by atoms with van der Waals surface area (Å²) in [6.45, 7) is 12.8. The molecule has 0 aromatic carbocycles. The van der Waals surface area contributed by atoms with Gasteiger partial charge in [0, 0.05) is 6.04 Å². The summed E-state index contributed by atoms with van der Waals surface area (Å²) in [5.74, 6) is 0. The van der Waals surface area contributed by atoms with Crippen molar-refractivity contribution >= 4 is 0 Å². The second-order valence-corrected chi connectivity index (χ2v) is 4.99. The summed E-state index contributed by atoms with van der Waals surface area (Å²) in [6.07, 6.45) is 3.29. The van der Waals surface area contributed by atoms with E-state index in [4.69, 9.17) is 5.73 Å². The molecule has 0 heterocycles. The van der Waals surface area contributed by atoms with E-state index in [-0.39, 0.29) is 6.04 Å². The van der Waals surface area contributed by atoms with Gasteiger partial charge in [-0.3, -0.25) is 0 Å². The van der Waals surface area contributed by atoms with E-state index in [0.29, 0.717) is 5.41 Å². The van der Waals surface area contributed by atoms with Gasteiger partial charge in [0.2, 0.25) is 0 Å². The minimum Gasteiger partial charge on any atom is -0.328 e. The highest BCUT2D eigenvalue weighted by atomic mass is 14.6. The molecule has 0 saturated heterocycles. The minimum absolute atomic E-state index is 0.262. The maximum atomic E-state index is 5.67. The zero-order valence-electron chi connectivity index (χ0n) is 8.98. The molecule has 0 aromatic heterocycles. The van der Waals surface area contributed by atoms with E-state index in [9.17, 15) is 0 Å². The van der Waals surface area contributed by atoms with E-state index < -0.39 is 0 Å². The van der Waals surface area contributed by atoms with Crippen molar-refractivity contribution in [2.75, 3.05) is 0 Å². The van der Waals surface area contributed by atoms with Crippen LogP contribution in [0.1, 0.15) is 47.0 Å². The molecule has 2 N–H and O–H groups in total. The predicted octanol–water partition coefficient (Wildman–Crippen LogP) is 3.11. The van der Waals surface area contributed by atoms with E-state index in [2.05, 4.69) is 27.4 Å². The highest BCUT2D eigenvalue weighted by Crippen LogP contribution is 2.23. The van der Waals surface area contributed by atoms with Gasteiger partial charge in [-0.2, -0.15) is 0 Å². The fraction of sp³-hybridized carbons (Fsp3) is 0.818. The Hall–Kier alpha value is -0.300. The molecule has 0 aliphatic rings. The number of nitrogens with two attached hydrogens (primary N) is 1. The lowest BCUT2D eigenvalue weighted by molar-refractivity contribution is 0.375. The fourth-order valence-corrected chi connectivity index (χ4v) is 1.11.